The van der Waals surface area contributed by atoms with Gasteiger partial charge in [0.15, 0.2) is 0 Å². The third-order valence-corrected chi connectivity index (χ3v) is 1.72. The molecule has 1 atom stereocenters. The molecule has 0 amide bonds. The van der Waals surface area contributed by atoms with Crippen LogP contribution < -0.4 is 5.48 Å². The van der Waals surface area contributed by atoms with Gasteiger partial charge in [0.25, 0.3) is 0 Å². The smallest absolute Gasteiger partial charge is 0.325 e. The van der Waals surface area contributed by atoms with Crippen LogP contribution >= 0.6 is 0 Å². The summed E-state index contributed by atoms with van der Waals surface area (Å²) in [5.74, 6) is -0.280. The molecule has 0 heterocycles. The third-order valence-electron chi connectivity index (χ3n) is 1.72. The highest BCUT2D eigenvalue weighted by atomic mass is 16.6. The molecule has 15 heavy (non-hydrogen) atoms. The van der Waals surface area contributed by atoms with E-state index in [0.717, 1.165) is 0 Å². The Labute approximate surface area is 90.4 Å². The number of aliphatic hydroxyl groups is 1. The maximum absolute atomic E-state index is 11.4. The van der Waals surface area contributed by atoms with Crippen LogP contribution in [0.1, 0.15) is 34.1 Å². The molecule has 0 unspecified atom stereocenters. The van der Waals surface area contributed by atoms with Crippen molar-refractivity contribution in [2.75, 3.05) is 6.61 Å². The second kappa shape index (κ2) is 6.05. The molecule has 0 radical (unpaired) electrons. The van der Waals surface area contributed by atoms with Crippen LogP contribution in [0.4, 0.5) is 0 Å². The Kier molecular flexibility index (Phi) is 5.79. The Hall–Kier alpha value is -0.650. The molecule has 5 nitrogen and oxygen atoms in total. The zero-order valence-corrected chi connectivity index (χ0v) is 9.78. The lowest BCUT2D eigenvalue weighted by molar-refractivity contribution is -0.155. The van der Waals surface area contributed by atoms with Crippen molar-refractivity contribution in [2.24, 2.45) is 5.92 Å². The molecule has 0 aliphatic rings. The highest BCUT2D eigenvalue weighted by molar-refractivity contribution is 5.75. The minimum atomic E-state index is -1.05. The van der Waals surface area contributed by atoms with Gasteiger partial charge in [0, 0.05) is 0 Å². The number of nitrogens with one attached hydrogen (secondary N) is 1. The molecular formula is C10H21NO4. The molecule has 0 saturated heterocycles. The van der Waals surface area contributed by atoms with Crippen LogP contribution in [0.15, 0.2) is 0 Å². The number of carbonyl (C=O) groups is 1. The lowest BCUT2D eigenvalue weighted by Crippen LogP contribution is -2.39. The van der Waals surface area contributed by atoms with Crippen LogP contribution in [0, 0.1) is 5.92 Å². The van der Waals surface area contributed by atoms with Crippen LogP contribution in [-0.4, -0.2) is 34.5 Å². The van der Waals surface area contributed by atoms with E-state index in [1.807, 2.05) is 19.3 Å². The Morgan fingerprint density at radius 3 is 2.33 bits per heavy atom. The predicted molar refractivity (Wildman–Crippen MR) is 55.4 cm³/mol. The average Bonchev–Trinajstić information content (AvgIpc) is 2.08. The Balaban J connectivity index is 4.05. The number of ether oxygens (including phenoxy) is 1. The summed E-state index contributed by atoms with van der Waals surface area (Å²) in [5.41, 5.74) is 0.865. The Morgan fingerprint density at radius 1 is 1.47 bits per heavy atom. The number of hydrogen-bond acceptors (Lipinski definition) is 5. The van der Waals surface area contributed by atoms with Gasteiger partial charge in [-0.2, -0.15) is 5.48 Å². The normalized spacial score (nSPS) is 14.1. The number of hydrogen-bond donors (Lipinski definition) is 3. The van der Waals surface area contributed by atoms with E-state index < -0.39 is 17.6 Å². The van der Waals surface area contributed by atoms with Gasteiger partial charge in [0.1, 0.15) is 12.6 Å². The standard InChI is InChI=1S/C10H21NO4/c1-7(2)5-8(11-14)9(12)15-6-10(3,4)13/h7-8,11,13-14H,5-6H2,1-4H3/t8-/m0/s1. The van der Waals surface area contributed by atoms with Crippen molar-refractivity contribution in [3.8, 4) is 0 Å². The van der Waals surface area contributed by atoms with Gasteiger partial charge in [-0.15, -0.1) is 0 Å². The first kappa shape index (κ1) is 14.3. The first-order valence-corrected chi connectivity index (χ1v) is 5.05. The molecule has 0 saturated carbocycles. The van der Waals surface area contributed by atoms with E-state index >= 15 is 0 Å². The van der Waals surface area contributed by atoms with Crippen LogP contribution in [0.3, 0.4) is 0 Å². The molecule has 0 bridgehead atoms. The first-order chi connectivity index (χ1) is 6.76. The quantitative estimate of drug-likeness (QED) is 0.452. The molecule has 0 aromatic rings. The molecule has 90 valence electrons. The van der Waals surface area contributed by atoms with Gasteiger partial charge >= 0.3 is 5.97 Å². The maximum atomic E-state index is 11.4. The average molecular weight is 219 g/mol. The molecule has 0 aromatic heterocycles. The van der Waals surface area contributed by atoms with Gasteiger partial charge in [-0.1, -0.05) is 13.8 Å². The molecule has 0 aliphatic carbocycles. The van der Waals surface area contributed by atoms with Crippen molar-refractivity contribution in [2.45, 2.75) is 45.8 Å². The van der Waals surface area contributed by atoms with Gasteiger partial charge in [-0.3, -0.25) is 4.79 Å². The number of esters is 1. The second-order valence-electron chi connectivity index (χ2n) is 4.73. The van der Waals surface area contributed by atoms with Gasteiger partial charge in [0.05, 0.1) is 5.60 Å². The summed E-state index contributed by atoms with van der Waals surface area (Å²) < 4.78 is 4.85. The van der Waals surface area contributed by atoms with E-state index in [0.29, 0.717) is 6.42 Å². The summed E-state index contributed by atoms with van der Waals surface area (Å²) in [6, 6.07) is -0.729. The zero-order chi connectivity index (χ0) is 12.1. The van der Waals surface area contributed by atoms with Crippen molar-refractivity contribution >= 4 is 5.97 Å². The monoisotopic (exact) mass is 219 g/mol. The van der Waals surface area contributed by atoms with E-state index in [2.05, 4.69) is 0 Å². The lowest BCUT2D eigenvalue weighted by Gasteiger charge is -2.20. The molecule has 3 N–H and O–H groups in total. The van der Waals surface area contributed by atoms with Crippen LogP contribution in [0.2, 0.25) is 0 Å². The van der Waals surface area contributed by atoms with Crippen LogP contribution in [0.25, 0.3) is 0 Å². The first-order valence-electron chi connectivity index (χ1n) is 5.05. The molecule has 0 rings (SSSR count). The fraction of sp³-hybridized carbons (Fsp3) is 0.900. The van der Waals surface area contributed by atoms with Gasteiger partial charge in [-0.25, -0.2) is 0 Å². The van der Waals surface area contributed by atoms with Gasteiger partial charge in [-0.05, 0) is 26.2 Å². The van der Waals surface area contributed by atoms with E-state index in [-0.39, 0.29) is 12.5 Å². The molecule has 0 spiro atoms. The van der Waals surface area contributed by atoms with Crippen molar-refractivity contribution in [3.05, 3.63) is 0 Å². The van der Waals surface area contributed by atoms with Gasteiger partial charge in [0.2, 0.25) is 0 Å². The van der Waals surface area contributed by atoms with E-state index in [1.54, 1.807) is 13.8 Å². The molecular weight excluding hydrogens is 198 g/mol. The third kappa shape index (κ3) is 7.30. The second-order valence-corrected chi connectivity index (χ2v) is 4.73. The summed E-state index contributed by atoms with van der Waals surface area (Å²) in [6.07, 6.45) is 0.487. The van der Waals surface area contributed by atoms with Crippen LogP contribution in [-0.2, 0) is 9.53 Å². The minimum Gasteiger partial charge on any atom is -0.461 e. The Bertz CT molecular complexity index is 198. The molecule has 0 aromatic carbocycles. The maximum Gasteiger partial charge on any atom is 0.325 e. The summed E-state index contributed by atoms with van der Waals surface area (Å²) >= 11 is 0. The Morgan fingerprint density at radius 2 is 2.00 bits per heavy atom. The molecule has 0 aliphatic heterocycles. The van der Waals surface area contributed by atoms with E-state index in [1.165, 1.54) is 0 Å². The number of carbonyl (C=O) groups excluding carboxylic acids is 1. The highest BCUT2D eigenvalue weighted by Crippen LogP contribution is 2.08. The minimum absolute atomic E-state index is 0.0812. The SMILES string of the molecule is CC(C)C[C@H](NO)C(=O)OCC(C)(C)O. The fourth-order valence-corrected chi connectivity index (χ4v) is 1.02. The van der Waals surface area contributed by atoms with Crippen molar-refractivity contribution in [1.29, 1.82) is 0 Å². The highest BCUT2D eigenvalue weighted by Gasteiger charge is 2.23. The summed E-state index contributed by atoms with van der Waals surface area (Å²) in [6.45, 7) is 6.89. The van der Waals surface area contributed by atoms with E-state index in [4.69, 9.17) is 9.94 Å². The molecule has 0 fully saturated rings. The van der Waals surface area contributed by atoms with Gasteiger partial charge < -0.3 is 15.1 Å². The predicted octanol–water partition coefficient (Wildman–Crippen LogP) is 0.694. The van der Waals surface area contributed by atoms with Crippen molar-refractivity contribution in [1.82, 2.24) is 5.48 Å². The topological polar surface area (TPSA) is 78.8 Å². The van der Waals surface area contributed by atoms with Crippen molar-refractivity contribution < 1.29 is 19.8 Å². The summed E-state index contributed by atoms with van der Waals surface area (Å²) in [7, 11) is 0. The fourth-order valence-electron chi connectivity index (χ4n) is 1.02. The summed E-state index contributed by atoms with van der Waals surface area (Å²) in [4.78, 5) is 11.4. The molecule has 5 heteroatoms. The zero-order valence-electron chi connectivity index (χ0n) is 9.78. The summed E-state index contributed by atoms with van der Waals surface area (Å²) in [5, 5.41) is 18.1. The number of rotatable bonds is 6. The lowest BCUT2D eigenvalue weighted by atomic mass is 10.0. The number of hydroxylamine groups is 1. The van der Waals surface area contributed by atoms with Crippen LogP contribution in [0.5, 0.6) is 0 Å². The van der Waals surface area contributed by atoms with E-state index in [9.17, 15) is 9.90 Å². The largest absolute Gasteiger partial charge is 0.461 e. The van der Waals surface area contributed by atoms with Crippen molar-refractivity contribution in [3.63, 3.8) is 0 Å².